The molecular formula is C31H35F3N4O7S. The first-order chi connectivity index (χ1) is 21.6. The normalized spacial score (nSPS) is 17.6. The van der Waals surface area contributed by atoms with Crippen LogP contribution < -0.4 is 19.5 Å². The van der Waals surface area contributed by atoms with Gasteiger partial charge in [-0.3, -0.25) is 9.52 Å². The molecule has 1 aliphatic heterocycles. The fraction of sp³-hybridized carbons (Fsp3) is 0.355. The van der Waals surface area contributed by atoms with Crippen LogP contribution in [0.2, 0.25) is 0 Å². The van der Waals surface area contributed by atoms with E-state index in [2.05, 4.69) is 10.0 Å². The number of hydrogen-bond acceptors (Lipinski definition) is 7. The quantitative estimate of drug-likeness (QED) is 0.296. The number of rotatable bonds is 9. The van der Waals surface area contributed by atoms with Crippen LogP contribution in [0.1, 0.15) is 29.8 Å². The van der Waals surface area contributed by atoms with Gasteiger partial charge in [0, 0.05) is 30.9 Å². The third kappa shape index (κ3) is 8.01. The van der Waals surface area contributed by atoms with Crippen molar-refractivity contribution in [1.29, 1.82) is 0 Å². The molecule has 248 valence electrons. The van der Waals surface area contributed by atoms with Gasteiger partial charge in [-0.1, -0.05) is 6.92 Å². The number of aliphatic hydroxyl groups excluding tert-OH is 1. The summed E-state index contributed by atoms with van der Waals surface area (Å²) in [6, 6.07) is 12.9. The number of aliphatic hydroxyl groups is 1. The summed E-state index contributed by atoms with van der Waals surface area (Å²) in [7, 11) is -1.08. The molecule has 0 aliphatic carbocycles. The second-order valence-electron chi connectivity index (χ2n) is 11.0. The lowest BCUT2D eigenvalue weighted by atomic mass is 9.99. The zero-order valence-corrected chi connectivity index (χ0v) is 26.4. The average molecular weight is 665 g/mol. The highest BCUT2D eigenvalue weighted by molar-refractivity contribution is 7.92. The van der Waals surface area contributed by atoms with E-state index in [1.807, 2.05) is 6.92 Å². The Morgan fingerprint density at radius 1 is 1.11 bits per heavy atom. The molecule has 3 aromatic carbocycles. The van der Waals surface area contributed by atoms with Crippen molar-refractivity contribution in [2.75, 3.05) is 43.9 Å². The predicted molar refractivity (Wildman–Crippen MR) is 165 cm³/mol. The summed E-state index contributed by atoms with van der Waals surface area (Å²) in [5.41, 5.74) is -0.535. The predicted octanol–water partition coefficient (Wildman–Crippen LogP) is 4.90. The molecular weight excluding hydrogens is 629 g/mol. The minimum atomic E-state index is -4.51. The summed E-state index contributed by atoms with van der Waals surface area (Å²) in [6.07, 6.45) is -5.18. The number of ether oxygens (including phenoxy) is 2. The van der Waals surface area contributed by atoms with Gasteiger partial charge in [-0.25, -0.2) is 13.2 Å². The monoisotopic (exact) mass is 664 g/mol. The minimum absolute atomic E-state index is 0.0223. The number of benzene rings is 3. The highest BCUT2D eigenvalue weighted by atomic mass is 32.2. The second kappa shape index (κ2) is 13.9. The summed E-state index contributed by atoms with van der Waals surface area (Å²) >= 11 is 0. The summed E-state index contributed by atoms with van der Waals surface area (Å²) in [5, 5.41) is 12.5. The summed E-state index contributed by atoms with van der Waals surface area (Å²) in [5.74, 6) is -0.213. The van der Waals surface area contributed by atoms with Crippen molar-refractivity contribution in [2.45, 2.75) is 37.1 Å². The van der Waals surface area contributed by atoms with E-state index in [0.717, 1.165) is 24.3 Å². The van der Waals surface area contributed by atoms with Crippen LogP contribution in [0.15, 0.2) is 71.6 Å². The molecule has 46 heavy (non-hydrogen) atoms. The number of nitrogens with zero attached hydrogens (tertiary/aromatic N) is 2. The Labute approximate surface area is 265 Å². The fourth-order valence-corrected chi connectivity index (χ4v) is 5.84. The highest BCUT2D eigenvalue weighted by Crippen LogP contribution is 2.32. The van der Waals surface area contributed by atoms with Gasteiger partial charge in [0.1, 0.15) is 17.6 Å². The molecule has 0 bridgehead atoms. The van der Waals surface area contributed by atoms with Gasteiger partial charge in [-0.05, 0) is 73.7 Å². The average Bonchev–Trinajstić information content (AvgIpc) is 3.02. The maximum absolute atomic E-state index is 13.7. The van der Waals surface area contributed by atoms with Crippen LogP contribution in [0, 0.1) is 5.92 Å². The van der Waals surface area contributed by atoms with E-state index in [9.17, 15) is 36.3 Å². The van der Waals surface area contributed by atoms with Crippen molar-refractivity contribution >= 4 is 33.3 Å². The van der Waals surface area contributed by atoms with Crippen LogP contribution in [-0.4, -0.2) is 81.3 Å². The molecule has 1 aliphatic rings. The number of methoxy groups -OCH3 is 1. The Balaban J connectivity index is 1.57. The van der Waals surface area contributed by atoms with E-state index in [1.165, 1.54) is 66.4 Å². The van der Waals surface area contributed by atoms with E-state index in [0.29, 0.717) is 5.75 Å². The topological polar surface area (TPSA) is 138 Å². The molecule has 15 heteroatoms. The third-order valence-electron chi connectivity index (χ3n) is 7.55. The van der Waals surface area contributed by atoms with Gasteiger partial charge in [0.05, 0.1) is 42.3 Å². The molecule has 4 rings (SSSR count). The van der Waals surface area contributed by atoms with Crippen LogP contribution in [0.4, 0.5) is 29.3 Å². The van der Waals surface area contributed by atoms with E-state index in [4.69, 9.17) is 9.47 Å². The second-order valence-corrected chi connectivity index (χ2v) is 12.7. The van der Waals surface area contributed by atoms with Crippen molar-refractivity contribution in [3.05, 3.63) is 77.9 Å². The zero-order valence-electron chi connectivity index (χ0n) is 25.5. The van der Waals surface area contributed by atoms with E-state index >= 15 is 0 Å². The van der Waals surface area contributed by atoms with Gasteiger partial charge >= 0.3 is 12.2 Å². The zero-order chi connectivity index (χ0) is 33.8. The Morgan fingerprint density at radius 2 is 1.74 bits per heavy atom. The van der Waals surface area contributed by atoms with Crippen molar-refractivity contribution in [3.63, 3.8) is 0 Å². The van der Waals surface area contributed by atoms with Crippen LogP contribution in [0.3, 0.4) is 0 Å². The lowest BCUT2D eigenvalue weighted by molar-refractivity contribution is -0.137. The van der Waals surface area contributed by atoms with Crippen molar-refractivity contribution in [2.24, 2.45) is 5.92 Å². The number of sulfonamides is 1. The maximum atomic E-state index is 13.7. The molecule has 3 atom stereocenters. The fourth-order valence-electron chi connectivity index (χ4n) is 4.79. The number of anilines is 2. The number of amides is 3. The van der Waals surface area contributed by atoms with Gasteiger partial charge in [0.2, 0.25) is 0 Å². The van der Waals surface area contributed by atoms with Crippen LogP contribution in [-0.2, 0) is 16.2 Å². The van der Waals surface area contributed by atoms with Gasteiger partial charge in [0.25, 0.3) is 15.9 Å². The highest BCUT2D eigenvalue weighted by Gasteiger charge is 2.35. The third-order valence-corrected chi connectivity index (χ3v) is 8.95. The first-order valence-corrected chi connectivity index (χ1v) is 15.7. The summed E-state index contributed by atoms with van der Waals surface area (Å²) in [4.78, 5) is 29.4. The minimum Gasteiger partial charge on any atom is -0.497 e. The molecule has 3 amide bonds. The number of nitrogens with one attached hydrogen (secondary N) is 2. The molecule has 0 unspecified atom stereocenters. The van der Waals surface area contributed by atoms with Crippen molar-refractivity contribution in [3.8, 4) is 11.5 Å². The number of carbonyl (C=O) groups excluding carboxylic acids is 2. The lowest BCUT2D eigenvalue weighted by Crippen LogP contribution is -2.50. The van der Waals surface area contributed by atoms with Crippen LogP contribution >= 0.6 is 0 Å². The van der Waals surface area contributed by atoms with Gasteiger partial charge < -0.3 is 29.7 Å². The standard InChI is InChI=1S/C31H35F3N4O7S/c1-19-16-38(20(2)18-39)29(40)26-15-23(36-46(42,43)25-12-10-24(44-4)11-13-25)9-14-27(26)45-28(19)17-37(3)30(41)35-22-7-5-21(6-8-22)31(32,33)34/h5-15,19-20,28,36,39H,16-18H2,1-4H3,(H,35,41)/t19-,20-,28-/m1/s1. The first-order valence-electron chi connectivity index (χ1n) is 14.2. The Kier molecular flexibility index (Phi) is 10.4. The largest absolute Gasteiger partial charge is 0.497 e. The molecule has 0 aromatic heterocycles. The Hall–Kier alpha value is -4.50. The van der Waals surface area contributed by atoms with Gasteiger partial charge in [0.15, 0.2) is 0 Å². The van der Waals surface area contributed by atoms with Gasteiger partial charge in [-0.2, -0.15) is 13.2 Å². The maximum Gasteiger partial charge on any atom is 0.416 e. The molecule has 0 radical (unpaired) electrons. The van der Waals surface area contributed by atoms with Crippen LogP contribution in [0.5, 0.6) is 11.5 Å². The smallest absolute Gasteiger partial charge is 0.416 e. The molecule has 0 fully saturated rings. The molecule has 3 N–H and O–H groups in total. The number of fused-ring (bicyclic) bond motifs is 1. The summed E-state index contributed by atoms with van der Waals surface area (Å²) < 4.78 is 78.6. The van der Waals surface area contributed by atoms with Crippen LogP contribution in [0.25, 0.3) is 0 Å². The van der Waals surface area contributed by atoms with Crippen molar-refractivity contribution in [1.82, 2.24) is 9.80 Å². The summed E-state index contributed by atoms with van der Waals surface area (Å²) in [6.45, 7) is 3.31. The SMILES string of the molecule is COc1ccc(S(=O)(=O)Nc2ccc3c(c2)C(=O)N([C@H](C)CO)C[C@@H](C)[C@@H](CN(C)C(=O)Nc2ccc(C(F)(F)F)cc2)O3)cc1. The Morgan fingerprint density at radius 3 is 2.33 bits per heavy atom. The number of alkyl halides is 3. The Bertz CT molecular complexity index is 1650. The number of likely N-dealkylation sites (N-methyl/N-ethyl adjacent to an activating group) is 1. The van der Waals surface area contributed by atoms with E-state index in [-0.39, 0.29) is 53.2 Å². The molecule has 1 heterocycles. The van der Waals surface area contributed by atoms with Gasteiger partial charge in [-0.15, -0.1) is 0 Å². The molecule has 0 saturated heterocycles. The molecule has 0 spiro atoms. The molecule has 0 saturated carbocycles. The number of urea groups is 1. The molecule has 3 aromatic rings. The van der Waals surface area contributed by atoms with E-state index < -0.39 is 45.8 Å². The van der Waals surface area contributed by atoms with Crippen molar-refractivity contribution < 1.29 is 45.8 Å². The number of hydrogen-bond donors (Lipinski definition) is 3. The number of halogens is 3. The lowest BCUT2D eigenvalue weighted by Gasteiger charge is -2.38. The number of carbonyl (C=O) groups is 2. The molecule has 11 nitrogen and oxygen atoms in total. The van der Waals surface area contributed by atoms with E-state index in [1.54, 1.807) is 6.92 Å². The first kappa shape index (κ1) is 34.4.